The fourth-order valence-electron chi connectivity index (χ4n) is 0.778. The van der Waals surface area contributed by atoms with Gasteiger partial charge in [-0.25, -0.2) is 0 Å². The molecule has 1 nitrogen and oxygen atoms in total. The maximum atomic E-state index is 5.45. The predicted octanol–water partition coefficient (Wildman–Crippen LogP) is -0.241. The molecular weight excluding hydrogens is 110 g/mol. The number of hydrogen-bond acceptors (Lipinski definition) is 1. The second kappa shape index (κ2) is 2.34. The second-order valence-corrected chi connectivity index (χ2v) is 1.97. The molecule has 0 saturated carbocycles. The molecule has 9 heavy (non-hydrogen) atoms. The molecule has 0 saturated heterocycles. The first-order chi connectivity index (χ1) is 4.24. The zero-order valence-corrected chi connectivity index (χ0v) is 5.64. The first kappa shape index (κ1) is 6.53. The topological polar surface area (TPSA) is 13.1 Å². The Morgan fingerprint density at radius 3 is 2.56 bits per heavy atom. The van der Waals surface area contributed by atoms with Gasteiger partial charge in [0, 0.05) is 5.66 Å². The van der Waals surface area contributed by atoms with Gasteiger partial charge in [-0.3, -0.25) is 0 Å². The fraction of sp³-hybridized carbons (Fsp3) is 0.333. The van der Waals surface area contributed by atoms with E-state index in [0.717, 1.165) is 11.2 Å². The summed E-state index contributed by atoms with van der Waals surface area (Å²) in [6, 6.07) is 1.91. The third-order valence-corrected chi connectivity index (χ3v) is 1.23. The largest absolute Gasteiger partial charge is 0.479 e. The van der Waals surface area contributed by atoms with Gasteiger partial charge in [0.25, 0.3) is 0 Å². The van der Waals surface area contributed by atoms with Crippen LogP contribution in [0.2, 0.25) is 6.82 Å². The van der Waals surface area contributed by atoms with Gasteiger partial charge in [0.05, 0.1) is 5.76 Å². The van der Waals surface area contributed by atoms with E-state index in [1.54, 1.807) is 0 Å². The first-order valence-electron chi connectivity index (χ1n) is 2.89. The molecule has 0 atom stereocenters. The highest BCUT2D eigenvalue weighted by Crippen LogP contribution is 1.89. The van der Waals surface area contributed by atoms with Crippen molar-refractivity contribution in [3.63, 3.8) is 0 Å². The van der Waals surface area contributed by atoms with Crippen molar-refractivity contribution < 1.29 is 4.42 Å². The summed E-state index contributed by atoms with van der Waals surface area (Å²) in [7, 11) is 7.38. The molecule has 0 aliphatic rings. The van der Waals surface area contributed by atoms with E-state index >= 15 is 0 Å². The zero-order valence-electron chi connectivity index (χ0n) is 5.64. The summed E-state index contributed by atoms with van der Waals surface area (Å²) in [5.74, 6) is 0.862. The molecule has 0 unspecified atom stereocenters. The van der Waals surface area contributed by atoms with Crippen LogP contribution in [0.4, 0.5) is 0 Å². The van der Waals surface area contributed by atoms with Crippen LogP contribution in [-0.4, -0.2) is 15.1 Å². The van der Waals surface area contributed by atoms with Gasteiger partial charge in [0.2, 0.25) is 0 Å². The van der Waals surface area contributed by atoms with Crippen molar-refractivity contribution in [3.8, 4) is 0 Å². The van der Waals surface area contributed by atoms with E-state index in [1.807, 2.05) is 27.1 Å². The molecular formula is C6H7B2O. The van der Waals surface area contributed by atoms with Gasteiger partial charge >= 0.3 is 0 Å². The minimum Gasteiger partial charge on any atom is -0.479 e. The molecule has 0 aliphatic heterocycles. The standard InChI is InChI=1S/C6H7B2O/c1-4-3-5(8-2)6(7)9-4/h3H,1-2H3. The summed E-state index contributed by atoms with van der Waals surface area (Å²) >= 11 is 0. The summed E-state index contributed by atoms with van der Waals surface area (Å²) in [4.78, 5) is 0. The van der Waals surface area contributed by atoms with Crippen LogP contribution in [-0.2, 0) is 0 Å². The van der Waals surface area contributed by atoms with E-state index in [4.69, 9.17) is 12.3 Å². The van der Waals surface area contributed by atoms with Crippen molar-refractivity contribution in [2.75, 3.05) is 0 Å². The summed E-state index contributed by atoms with van der Waals surface area (Å²) in [6.45, 7) is 3.81. The zero-order chi connectivity index (χ0) is 6.85. The molecule has 0 aliphatic carbocycles. The second-order valence-electron chi connectivity index (χ2n) is 1.97. The minimum atomic E-state index is 0.509. The van der Waals surface area contributed by atoms with Crippen LogP contribution in [0.15, 0.2) is 10.5 Å². The number of rotatable bonds is 1. The molecule has 0 aromatic carbocycles. The van der Waals surface area contributed by atoms with Gasteiger partial charge in [0.1, 0.15) is 0 Å². The molecule has 0 N–H and O–H groups in total. The molecule has 1 aromatic heterocycles. The van der Waals surface area contributed by atoms with Crippen LogP contribution in [0.3, 0.4) is 0 Å². The van der Waals surface area contributed by atoms with Crippen molar-refractivity contribution in [1.82, 2.24) is 0 Å². The summed E-state index contributed by atoms with van der Waals surface area (Å²) in [6.07, 6.45) is 0. The number of furan rings is 1. The summed E-state index contributed by atoms with van der Waals surface area (Å²) in [5, 5.41) is 0. The highest BCUT2D eigenvalue weighted by Gasteiger charge is 1.99. The average molecular weight is 117 g/mol. The SMILES string of the molecule is [B]c1oc(C)cc1[B]C. The fourth-order valence-corrected chi connectivity index (χ4v) is 0.778. The Bertz CT molecular complexity index is 205. The van der Waals surface area contributed by atoms with E-state index in [2.05, 4.69) is 0 Å². The molecule has 3 heteroatoms. The number of hydrogen-bond donors (Lipinski definition) is 0. The van der Waals surface area contributed by atoms with Crippen LogP contribution >= 0.6 is 0 Å². The van der Waals surface area contributed by atoms with E-state index in [9.17, 15) is 0 Å². The van der Waals surface area contributed by atoms with Crippen molar-refractivity contribution in [3.05, 3.63) is 11.8 Å². The lowest BCUT2D eigenvalue weighted by Gasteiger charge is -1.86. The van der Waals surface area contributed by atoms with Gasteiger partial charge in [-0.1, -0.05) is 12.3 Å². The first-order valence-corrected chi connectivity index (χ1v) is 2.89. The Hall–Kier alpha value is -0.590. The van der Waals surface area contributed by atoms with E-state index < -0.39 is 0 Å². The Morgan fingerprint density at radius 2 is 2.33 bits per heavy atom. The van der Waals surface area contributed by atoms with Crippen molar-refractivity contribution in [2.45, 2.75) is 13.7 Å². The van der Waals surface area contributed by atoms with Gasteiger partial charge in [-0.05, 0) is 13.0 Å². The maximum absolute atomic E-state index is 5.45. The van der Waals surface area contributed by atoms with E-state index in [-0.39, 0.29) is 0 Å². The van der Waals surface area contributed by atoms with Crippen molar-refractivity contribution in [1.29, 1.82) is 0 Å². The van der Waals surface area contributed by atoms with Gasteiger partial charge in [0.15, 0.2) is 15.1 Å². The Morgan fingerprint density at radius 1 is 1.67 bits per heavy atom. The summed E-state index contributed by atoms with van der Waals surface area (Å²) < 4.78 is 5.05. The molecule has 0 spiro atoms. The van der Waals surface area contributed by atoms with Crippen molar-refractivity contribution in [2.24, 2.45) is 0 Å². The monoisotopic (exact) mass is 117 g/mol. The Kier molecular flexibility index (Phi) is 1.70. The third kappa shape index (κ3) is 1.21. The highest BCUT2D eigenvalue weighted by molar-refractivity contribution is 6.58. The van der Waals surface area contributed by atoms with Gasteiger partial charge in [-0.2, -0.15) is 0 Å². The van der Waals surface area contributed by atoms with Crippen LogP contribution in [0.5, 0.6) is 0 Å². The lowest BCUT2D eigenvalue weighted by Crippen LogP contribution is -2.25. The molecule has 3 radical (unpaired) electrons. The van der Waals surface area contributed by atoms with Crippen LogP contribution < -0.4 is 11.1 Å². The van der Waals surface area contributed by atoms with Crippen LogP contribution in [0.1, 0.15) is 5.76 Å². The lowest BCUT2D eigenvalue weighted by atomic mass is 9.70. The Labute approximate surface area is 57.1 Å². The van der Waals surface area contributed by atoms with Crippen LogP contribution in [0, 0.1) is 6.92 Å². The van der Waals surface area contributed by atoms with Crippen LogP contribution in [0.25, 0.3) is 0 Å². The molecule has 1 heterocycles. The third-order valence-electron chi connectivity index (χ3n) is 1.23. The van der Waals surface area contributed by atoms with E-state index in [0.29, 0.717) is 5.66 Å². The quantitative estimate of drug-likeness (QED) is 0.462. The lowest BCUT2D eigenvalue weighted by molar-refractivity contribution is 0.567. The molecule has 1 rings (SSSR count). The molecule has 0 amide bonds. The predicted molar refractivity (Wildman–Crippen MR) is 40.1 cm³/mol. The van der Waals surface area contributed by atoms with Crippen molar-refractivity contribution >= 4 is 26.2 Å². The van der Waals surface area contributed by atoms with E-state index in [1.165, 1.54) is 0 Å². The minimum absolute atomic E-state index is 0.509. The molecule has 0 bridgehead atoms. The average Bonchev–Trinajstić information content (AvgIpc) is 2.10. The van der Waals surface area contributed by atoms with Gasteiger partial charge in [-0.15, -0.1) is 0 Å². The van der Waals surface area contributed by atoms with Gasteiger partial charge < -0.3 is 4.42 Å². The molecule has 43 valence electrons. The maximum Gasteiger partial charge on any atom is 0.166 e. The highest BCUT2D eigenvalue weighted by atomic mass is 16.3. The summed E-state index contributed by atoms with van der Waals surface area (Å²) in [5.41, 5.74) is 1.49. The normalized spacial score (nSPS) is 9.56. The smallest absolute Gasteiger partial charge is 0.166 e. The number of aryl methyl sites for hydroxylation is 1. The molecule has 1 aromatic rings. The Balaban J connectivity index is 3.01. The molecule has 0 fully saturated rings.